The second-order valence-corrected chi connectivity index (χ2v) is 6.45. The number of benzene rings is 3. The van der Waals surface area contributed by atoms with E-state index < -0.39 is 23.6 Å². The predicted molar refractivity (Wildman–Crippen MR) is 115 cm³/mol. The van der Waals surface area contributed by atoms with Crippen LogP contribution >= 0.6 is 0 Å². The maximum Gasteiger partial charge on any atom is 0.335 e. The van der Waals surface area contributed by atoms with E-state index in [1.807, 2.05) is 0 Å². The quantitative estimate of drug-likeness (QED) is 0.278. The number of esters is 2. The highest BCUT2D eigenvalue weighted by atomic mass is 19.1. The van der Waals surface area contributed by atoms with E-state index in [1.54, 1.807) is 18.2 Å². The number of hydrogen-bond acceptors (Lipinski definition) is 5. The first-order chi connectivity index (χ1) is 15.4. The first-order valence-corrected chi connectivity index (χ1v) is 9.32. The normalized spacial score (nSPS) is 10.2. The van der Waals surface area contributed by atoms with Crippen molar-refractivity contribution in [2.75, 3.05) is 7.11 Å². The summed E-state index contributed by atoms with van der Waals surface area (Å²) in [7, 11) is 1.44. The van der Waals surface area contributed by atoms with E-state index in [0.717, 1.165) is 18.2 Å². The fourth-order valence-corrected chi connectivity index (χ4v) is 2.95. The number of carbonyl (C=O) groups is 2. The largest absolute Gasteiger partial charge is 0.496 e. The molecule has 0 aliphatic carbocycles. The lowest BCUT2D eigenvalue weighted by atomic mass is 9.98. The van der Waals surface area contributed by atoms with Gasteiger partial charge in [-0.25, -0.2) is 18.4 Å². The van der Waals surface area contributed by atoms with Gasteiger partial charge in [0, 0.05) is 29.3 Å². The lowest BCUT2D eigenvalue weighted by Crippen LogP contribution is -2.04. The Bertz CT molecular complexity index is 1220. The Kier molecular flexibility index (Phi) is 6.80. The van der Waals surface area contributed by atoms with Crippen molar-refractivity contribution in [3.63, 3.8) is 0 Å². The minimum Gasteiger partial charge on any atom is -0.496 e. The molecule has 0 aromatic heterocycles. The molecule has 0 spiro atoms. The van der Waals surface area contributed by atoms with Crippen LogP contribution in [0.15, 0.2) is 79.9 Å². The van der Waals surface area contributed by atoms with Gasteiger partial charge in [0.1, 0.15) is 17.3 Å². The number of carbonyl (C=O) groups excluding carboxylic acids is 2. The van der Waals surface area contributed by atoms with Crippen LogP contribution < -0.4 is 14.2 Å². The molecule has 0 radical (unpaired) electrons. The molecule has 0 unspecified atom stereocenters. The third-order valence-electron chi connectivity index (χ3n) is 4.46. The molecule has 5 nitrogen and oxygen atoms in total. The maximum absolute atomic E-state index is 14.9. The SMILES string of the molecule is C=CC(=O)Oc1ccc(-c2ccc(-c3ccc(OC(=O)C=C)c(F)c3)c(F)c2)c(OC)c1. The zero-order valence-corrected chi connectivity index (χ0v) is 17.1. The van der Waals surface area contributed by atoms with Crippen LogP contribution in [0.1, 0.15) is 0 Å². The number of rotatable bonds is 7. The molecule has 0 atom stereocenters. The van der Waals surface area contributed by atoms with Crippen molar-refractivity contribution in [3.8, 4) is 39.5 Å². The van der Waals surface area contributed by atoms with Gasteiger partial charge in [-0.3, -0.25) is 0 Å². The number of ether oxygens (including phenoxy) is 3. The molecule has 162 valence electrons. The van der Waals surface area contributed by atoms with Crippen LogP contribution in [0.25, 0.3) is 22.3 Å². The minimum absolute atomic E-state index is 0.157. The van der Waals surface area contributed by atoms with Crippen LogP contribution in [-0.2, 0) is 9.59 Å². The summed E-state index contributed by atoms with van der Waals surface area (Å²) in [6.07, 6.45) is 1.95. The molecular formula is C25H18F2O5. The molecule has 3 rings (SSSR count). The summed E-state index contributed by atoms with van der Waals surface area (Å²) in [4.78, 5) is 22.6. The molecular weight excluding hydrogens is 418 g/mol. The van der Waals surface area contributed by atoms with Crippen LogP contribution in [0.4, 0.5) is 8.78 Å². The molecule has 7 heteroatoms. The minimum atomic E-state index is -0.812. The Morgan fingerprint density at radius 1 is 0.750 bits per heavy atom. The van der Waals surface area contributed by atoms with Gasteiger partial charge >= 0.3 is 11.9 Å². The molecule has 3 aromatic rings. The average Bonchev–Trinajstić information content (AvgIpc) is 2.80. The summed E-state index contributed by atoms with van der Waals surface area (Å²) in [5.41, 5.74) is 1.49. The highest BCUT2D eigenvalue weighted by Crippen LogP contribution is 2.36. The number of halogens is 2. The van der Waals surface area contributed by atoms with Crippen molar-refractivity contribution in [1.82, 2.24) is 0 Å². The molecule has 0 N–H and O–H groups in total. The van der Waals surface area contributed by atoms with Gasteiger partial charge in [0.25, 0.3) is 0 Å². The number of hydrogen-bond donors (Lipinski definition) is 0. The molecule has 0 saturated heterocycles. The van der Waals surface area contributed by atoms with Crippen molar-refractivity contribution >= 4 is 11.9 Å². The standard InChI is InChI=1S/C25H18F2O5/c1-4-24(28)31-17-8-10-19(23(14-17)30-3)16-6-9-18(20(26)12-16)15-7-11-22(21(27)13-15)32-25(29)5-2/h4-14H,1-2H2,3H3. The van der Waals surface area contributed by atoms with Gasteiger partial charge in [0.05, 0.1) is 7.11 Å². The Morgan fingerprint density at radius 3 is 1.97 bits per heavy atom. The summed E-state index contributed by atoms with van der Waals surface area (Å²) < 4.78 is 44.4. The van der Waals surface area contributed by atoms with E-state index in [4.69, 9.17) is 14.2 Å². The van der Waals surface area contributed by atoms with Crippen molar-refractivity contribution < 1.29 is 32.6 Å². The van der Waals surface area contributed by atoms with Gasteiger partial charge in [-0.1, -0.05) is 31.4 Å². The third kappa shape index (κ3) is 4.89. The van der Waals surface area contributed by atoms with Crippen LogP contribution in [0, 0.1) is 11.6 Å². The Morgan fingerprint density at radius 2 is 1.34 bits per heavy atom. The highest BCUT2D eigenvalue weighted by molar-refractivity contribution is 5.84. The van der Waals surface area contributed by atoms with E-state index >= 15 is 0 Å². The van der Waals surface area contributed by atoms with Gasteiger partial charge in [-0.05, 0) is 41.5 Å². The topological polar surface area (TPSA) is 61.8 Å². The Balaban J connectivity index is 1.92. The van der Waals surface area contributed by atoms with Crippen molar-refractivity contribution in [2.24, 2.45) is 0 Å². The van der Waals surface area contributed by atoms with Gasteiger partial charge in [-0.2, -0.15) is 0 Å². The van der Waals surface area contributed by atoms with Gasteiger partial charge in [-0.15, -0.1) is 0 Å². The van der Waals surface area contributed by atoms with Gasteiger partial charge in [0.15, 0.2) is 11.6 Å². The molecule has 0 aliphatic heterocycles. The van der Waals surface area contributed by atoms with E-state index in [-0.39, 0.29) is 22.6 Å². The second-order valence-electron chi connectivity index (χ2n) is 6.45. The van der Waals surface area contributed by atoms with Crippen LogP contribution in [0.3, 0.4) is 0 Å². The zero-order valence-electron chi connectivity index (χ0n) is 17.1. The summed E-state index contributed by atoms with van der Waals surface area (Å²) in [5.74, 6) is -2.49. The first-order valence-electron chi connectivity index (χ1n) is 9.32. The lowest BCUT2D eigenvalue weighted by molar-refractivity contribution is -0.130. The molecule has 0 saturated carbocycles. The van der Waals surface area contributed by atoms with Crippen LogP contribution in [-0.4, -0.2) is 19.0 Å². The fourth-order valence-electron chi connectivity index (χ4n) is 2.95. The maximum atomic E-state index is 14.9. The van der Waals surface area contributed by atoms with Crippen molar-refractivity contribution in [3.05, 3.63) is 91.5 Å². The van der Waals surface area contributed by atoms with Crippen LogP contribution in [0.2, 0.25) is 0 Å². The zero-order chi connectivity index (χ0) is 23.3. The molecule has 0 amide bonds. The van der Waals surface area contributed by atoms with E-state index in [0.29, 0.717) is 16.9 Å². The average molecular weight is 436 g/mol. The molecule has 3 aromatic carbocycles. The van der Waals surface area contributed by atoms with Gasteiger partial charge in [0.2, 0.25) is 0 Å². The van der Waals surface area contributed by atoms with Gasteiger partial charge < -0.3 is 14.2 Å². The summed E-state index contributed by atoms with van der Waals surface area (Å²) in [5, 5.41) is 0. The molecule has 0 fully saturated rings. The smallest absolute Gasteiger partial charge is 0.335 e. The second kappa shape index (κ2) is 9.70. The summed E-state index contributed by atoms with van der Waals surface area (Å²) in [6.45, 7) is 6.59. The fraction of sp³-hybridized carbons (Fsp3) is 0.0400. The first kappa shape index (κ1) is 22.4. The van der Waals surface area contributed by atoms with E-state index in [9.17, 15) is 18.4 Å². The van der Waals surface area contributed by atoms with Crippen molar-refractivity contribution in [2.45, 2.75) is 0 Å². The predicted octanol–water partition coefficient (Wildman–Crippen LogP) is 5.49. The monoisotopic (exact) mass is 436 g/mol. The molecule has 0 bridgehead atoms. The highest BCUT2D eigenvalue weighted by Gasteiger charge is 2.15. The summed E-state index contributed by atoms with van der Waals surface area (Å²) in [6, 6.07) is 12.9. The van der Waals surface area contributed by atoms with Crippen molar-refractivity contribution in [1.29, 1.82) is 0 Å². The molecule has 0 heterocycles. The molecule has 0 aliphatic rings. The Labute approximate surface area is 183 Å². The van der Waals surface area contributed by atoms with E-state index in [1.165, 1.54) is 37.4 Å². The molecule has 32 heavy (non-hydrogen) atoms. The van der Waals surface area contributed by atoms with E-state index in [2.05, 4.69) is 13.2 Å². The number of methoxy groups -OCH3 is 1. The van der Waals surface area contributed by atoms with Crippen LogP contribution in [0.5, 0.6) is 17.2 Å². The lowest BCUT2D eigenvalue weighted by Gasteiger charge is -2.12. The Hall–Kier alpha value is -4.26. The summed E-state index contributed by atoms with van der Waals surface area (Å²) >= 11 is 0. The third-order valence-corrected chi connectivity index (χ3v) is 4.46.